The first kappa shape index (κ1) is 12.2. The zero-order valence-corrected chi connectivity index (χ0v) is 10.9. The lowest BCUT2D eigenvalue weighted by molar-refractivity contribution is 0.558. The minimum atomic E-state index is 0.295. The number of halogens is 1. The van der Waals surface area contributed by atoms with Crippen molar-refractivity contribution < 1.29 is 0 Å². The predicted octanol–water partition coefficient (Wildman–Crippen LogP) is 3.53. The van der Waals surface area contributed by atoms with Crippen molar-refractivity contribution in [3.8, 4) is 0 Å². The zero-order valence-electron chi connectivity index (χ0n) is 10.2. The molecule has 2 rings (SSSR count). The Hall–Kier alpha value is -1.25. The highest BCUT2D eigenvalue weighted by atomic mass is 35.5. The minimum Gasteiger partial charge on any atom is -0.353 e. The molecule has 2 aromatic rings. The molecule has 0 saturated carbocycles. The van der Waals surface area contributed by atoms with Crippen molar-refractivity contribution in [2.24, 2.45) is 7.05 Å². The van der Waals surface area contributed by atoms with Gasteiger partial charge >= 0.3 is 0 Å². The summed E-state index contributed by atoms with van der Waals surface area (Å²) >= 11 is 5.98. The van der Waals surface area contributed by atoms with E-state index in [1.54, 1.807) is 0 Å². The van der Waals surface area contributed by atoms with Crippen molar-refractivity contribution >= 4 is 11.6 Å². The van der Waals surface area contributed by atoms with E-state index in [9.17, 15) is 0 Å². The van der Waals surface area contributed by atoms with Gasteiger partial charge in [-0.3, -0.25) is 0 Å². The van der Waals surface area contributed by atoms with Crippen LogP contribution < -0.4 is 5.32 Å². The highest BCUT2D eigenvalue weighted by Crippen LogP contribution is 2.17. The van der Waals surface area contributed by atoms with Gasteiger partial charge in [-0.15, -0.1) is 0 Å². The summed E-state index contributed by atoms with van der Waals surface area (Å²) < 4.78 is 2.12. The summed E-state index contributed by atoms with van der Waals surface area (Å²) in [6, 6.07) is 12.5. The number of rotatable bonds is 4. The molecule has 0 aliphatic rings. The number of hydrogen-bond acceptors (Lipinski definition) is 1. The van der Waals surface area contributed by atoms with Gasteiger partial charge in [0.1, 0.15) is 0 Å². The Kier molecular flexibility index (Phi) is 3.87. The fourth-order valence-corrected chi connectivity index (χ4v) is 2.03. The summed E-state index contributed by atoms with van der Waals surface area (Å²) in [7, 11) is 2.06. The Morgan fingerprint density at radius 3 is 2.76 bits per heavy atom. The third-order valence-electron chi connectivity index (χ3n) is 2.99. The van der Waals surface area contributed by atoms with Gasteiger partial charge in [-0.2, -0.15) is 0 Å². The van der Waals surface area contributed by atoms with Gasteiger partial charge in [0.25, 0.3) is 0 Å². The molecule has 1 atom stereocenters. The predicted molar refractivity (Wildman–Crippen MR) is 72.1 cm³/mol. The molecule has 0 bridgehead atoms. The molecule has 17 heavy (non-hydrogen) atoms. The molecule has 1 aromatic carbocycles. The topological polar surface area (TPSA) is 17.0 Å². The van der Waals surface area contributed by atoms with E-state index >= 15 is 0 Å². The molecule has 1 heterocycles. The van der Waals surface area contributed by atoms with Crippen molar-refractivity contribution in [2.45, 2.75) is 19.5 Å². The van der Waals surface area contributed by atoms with E-state index in [0.29, 0.717) is 6.04 Å². The standard InChI is InChI=1S/C14H17ClN2/c1-11(12-5-3-6-13(15)9-12)16-10-14-7-4-8-17(14)2/h3-9,11,16H,10H2,1-2H3. The van der Waals surface area contributed by atoms with Gasteiger partial charge in [0, 0.05) is 36.5 Å². The molecule has 3 heteroatoms. The molecule has 0 radical (unpaired) electrons. The number of aryl methyl sites for hydroxylation is 1. The SMILES string of the molecule is CC(NCc1cccn1C)c1cccc(Cl)c1. The average Bonchev–Trinajstić information content (AvgIpc) is 2.72. The van der Waals surface area contributed by atoms with E-state index in [4.69, 9.17) is 11.6 Å². The Balaban J connectivity index is 1.98. The van der Waals surface area contributed by atoms with Gasteiger partial charge in [0.2, 0.25) is 0 Å². The third-order valence-corrected chi connectivity index (χ3v) is 3.22. The second-order valence-corrected chi connectivity index (χ2v) is 4.70. The molecule has 0 saturated heterocycles. The molecule has 90 valence electrons. The number of nitrogens with zero attached hydrogens (tertiary/aromatic N) is 1. The first-order valence-electron chi connectivity index (χ1n) is 5.76. The van der Waals surface area contributed by atoms with Crippen molar-refractivity contribution in [1.29, 1.82) is 0 Å². The van der Waals surface area contributed by atoms with Crippen molar-refractivity contribution in [1.82, 2.24) is 9.88 Å². The second kappa shape index (κ2) is 5.39. The highest BCUT2D eigenvalue weighted by Gasteiger charge is 2.06. The van der Waals surface area contributed by atoms with E-state index in [0.717, 1.165) is 11.6 Å². The maximum absolute atomic E-state index is 5.98. The Morgan fingerprint density at radius 2 is 2.12 bits per heavy atom. The van der Waals surface area contributed by atoms with Crippen molar-refractivity contribution in [3.63, 3.8) is 0 Å². The van der Waals surface area contributed by atoms with Crippen LogP contribution in [0.2, 0.25) is 5.02 Å². The first-order chi connectivity index (χ1) is 8.16. The molecule has 0 aliphatic heterocycles. The molecule has 2 nitrogen and oxygen atoms in total. The van der Waals surface area contributed by atoms with Crippen LogP contribution in [0.3, 0.4) is 0 Å². The smallest absolute Gasteiger partial charge is 0.0409 e. The summed E-state index contributed by atoms with van der Waals surface area (Å²) in [5, 5.41) is 4.28. The van der Waals surface area contributed by atoms with Crippen molar-refractivity contribution in [2.75, 3.05) is 0 Å². The highest BCUT2D eigenvalue weighted by molar-refractivity contribution is 6.30. The maximum atomic E-state index is 5.98. The molecule has 1 unspecified atom stereocenters. The van der Waals surface area contributed by atoms with Crippen LogP contribution in [0.25, 0.3) is 0 Å². The Labute approximate surface area is 107 Å². The molecule has 1 aromatic heterocycles. The lowest BCUT2D eigenvalue weighted by Crippen LogP contribution is -2.19. The van der Waals surface area contributed by atoms with E-state index in [-0.39, 0.29) is 0 Å². The van der Waals surface area contributed by atoms with Gasteiger partial charge in [-0.05, 0) is 36.8 Å². The number of benzene rings is 1. The van der Waals surface area contributed by atoms with Crippen LogP contribution in [0.1, 0.15) is 24.2 Å². The minimum absolute atomic E-state index is 0.295. The molecule has 0 aliphatic carbocycles. The summed E-state index contributed by atoms with van der Waals surface area (Å²) in [6.45, 7) is 3.01. The Bertz CT molecular complexity index is 490. The van der Waals surface area contributed by atoms with Gasteiger partial charge < -0.3 is 9.88 Å². The molecule has 0 fully saturated rings. The third kappa shape index (κ3) is 3.11. The first-order valence-corrected chi connectivity index (χ1v) is 6.13. The monoisotopic (exact) mass is 248 g/mol. The maximum Gasteiger partial charge on any atom is 0.0409 e. The summed E-state index contributed by atoms with van der Waals surface area (Å²) in [5.41, 5.74) is 2.49. The van der Waals surface area contributed by atoms with Crippen LogP contribution in [-0.4, -0.2) is 4.57 Å². The number of aromatic nitrogens is 1. The van der Waals surface area contributed by atoms with Gasteiger partial charge in [-0.25, -0.2) is 0 Å². The number of nitrogens with one attached hydrogen (secondary N) is 1. The average molecular weight is 249 g/mol. The quantitative estimate of drug-likeness (QED) is 0.876. The van der Waals surface area contributed by atoms with Crippen LogP contribution >= 0.6 is 11.6 Å². The molecule has 0 amide bonds. The van der Waals surface area contributed by atoms with Crippen molar-refractivity contribution in [3.05, 3.63) is 58.9 Å². The fourth-order valence-electron chi connectivity index (χ4n) is 1.83. The lowest BCUT2D eigenvalue weighted by atomic mass is 10.1. The van der Waals surface area contributed by atoms with Crippen LogP contribution in [-0.2, 0) is 13.6 Å². The molecule has 1 N–H and O–H groups in total. The summed E-state index contributed by atoms with van der Waals surface area (Å²) in [4.78, 5) is 0. The lowest BCUT2D eigenvalue weighted by Gasteiger charge is -2.15. The van der Waals surface area contributed by atoms with Crippen LogP contribution in [0, 0.1) is 0 Å². The second-order valence-electron chi connectivity index (χ2n) is 4.27. The normalized spacial score (nSPS) is 12.6. The van der Waals surface area contributed by atoms with Gasteiger partial charge in [0.15, 0.2) is 0 Å². The van der Waals surface area contributed by atoms with E-state index < -0.39 is 0 Å². The van der Waals surface area contributed by atoms with Gasteiger partial charge in [-0.1, -0.05) is 23.7 Å². The van der Waals surface area contributed by atoms with Crippen LogP contribution in [0.15, 0.2) is 42.6 Å². The zero-order chi connectivity index (χ0) is 12.3. The van der Waals surface area contributed by atoms with E-state index in [2.05, 4.69) is 48.3 Å². The summed E-state index contributed by atoms with van der Waals surface area (Å²) in [5.74, 6) is 0. The van der Waals surface area contributed by atoms with Gasteiger partial charge in [0.05, 0.1) is 0 Å². The van der Waals surface area contributed by atoms with Crippen LogP contribution in [0.5, 0.6) is 0 Å². The molecular weight excluding hydrogens is 232 g/mol. The molecular formula is C14H17ClN2. The van der Waals surface area contributed by atoms with E-state index in [1.165, 1.54) is 11.3 Å². The Morgan fingerprint density at radius 1 is 1.29 bits per heavy atom. The largest absolute Gasteiger partial charge is 0.353 e. The van der Waals surface area contributed by atoms with Crippen LogP contribution in [0.4, 0.5) is 0 Å². The number of hydrogen-bond donors (Lipinski definition) is 1. The fraction of sp³-hybridized carbons (Fsp3) is 0.286. The van der Waals surface area contributed by atoms with E-state index in [1.807, 2.05) is 18.2 Å². The molecule has 0 spiro atoms. The summed E-state index contributed by atoms with van der Waals surface area (Å²) in [6.07, 6.45) is 2.06.